The van der Waals surface area contributed by atoms with E-state index in [0.29, 0.717) is 6.42 Å². The quantitative estimate of drug-likeness (QED) is 0.665. The molecule has 0 aliphatic carbocycles. The molecule has 0 saturated carbocycles. The van der Waals surface area contributed by atoms with E-state index in [4.69, 9.17) is 4.74 Å². The molecule has 2 heterocycles. The summed E-state index contributed by atoms with van der Waals surface area (Å²) in [6, 6.07) is -0.239. The number of hydrogen-bond donors (Lipinski definition) is 0. The van der Waals surface area contributed by atoms with E-state index in [-0.39, 0.29) is 29.6 Å². The number of hydrogen-bond acceptors (Lipinski definition) is 5. The highest BCUT2D eigenvalue weighted by Gasteiger charge is 2.39. The summed E-state index contributed by atoms with van der Waals surface area (Å²) in [5.74, 6) is 0.219. The van der Waals surface area contributed by atoms with E-state index in [1.165, 1.54) is 7.11 Å². The Balaban J connectivity index is 2.09. The molecule has 2 aliphatic rings. The van der Waals surface area contributed by atoms with Gasteiger partial charge in [0.05, 0.1) is 18.6 Å². The van der Waals surface area contributed by atoms with Crippen LogP contribution in [0.25, 0.3) is 0 Å². The van der Waals surface area contributed by atoms with E-state index in [2.05, 4.69) is 0 Å². The van der Waals surface area contributed by atoms with Crippen molar-refractivity contribution < 1.29 is 17.9 Å². The van der Waals surface area contributed by atoms with Gasteiger partial charge in [-0.15, -0.1) is 0 Å². The third-order valence-electron chi connectivity index (χ3n) is 3.69. The van der Waals surface area contributed by atoms with Crippen molar-refractivity contribution in [2.24, 2.45) is 0 Å². The van der Waals surface area contributed by atoms with Crippen LogP contribution in [0.1, 0.15) is 25.7 Å². The summed E-state index contributed by atoms with van der Waals surface area (Å²) in [7, 11) is -1.51. The van der Waals surface area contributed by atoms with Crippen molar-refractivity contribution in [1.29, 1.82) is 0 Å². The minimum absolute atomic E-state index is 0.00407. The Kier molecular flexibility index (Phi) is 3.73. The van der Waals surface area contributed by atoms with Gasteiger partial charge in [0.25, 0.3) is 0 Å². The van der Waals surface area contributed by atoms with Crippen LogP contribution in [-0.4, -0.2) is 56.5 Å². The molecule has 1 unspecified atom stereocenters. The third-order valence-corrected chi connectivity index (χ3v) is 5.45. The minimum atomic E-state index is -2.89. The summed E-state index contributed by atoms with van der Waals surface area (Å²) in [4.78, 5) is 13.7. The average Bonchev–Trinajstić information content (AvgIpc) is 2.68. The van der Waals surface area contributed by atoms with E-state index in [9.17, 15) is 13.2 Å². The van der Waals surface area contributed by atoms with Gasteiger partial charge in [0.1, 0.15) is 6.04 Å². The molecule has 0 radical (unpaired) electrons. The van der Waals surface area contributed by atoms with Gasteiger partial charge in [-0.3, -0.25) is 9.69 Å². The van der Waals surface area contributed by atoms with E-state index < -0.39 is 9.84 Å². The molecule has 0 aromatic rings. The van der Waals surface area contributed by atoms with Crippen molar-refractivity contribution in [3.63, 3.8) is 0 Å². The van der Waals surface area contributed by atoms with Crippen molar-refractivity contribution in [2.45, 2.75) is 37.8 Å². The van der Waals surface area contributed by atoms with Gasteiger partial charge in [0.15, 0.2) is 9.84 Å². The highest BCUT2D eigenvalue weighted by atomic mass is 32.2. The molecule has 2 saturated heterocycles. The Labute approximate surface area is 102 Å². The van der Waals surface area contributed by atoms with Crippen LogP contribution in [0, 0.1) is 0 Å². The topological polar surface area (TPSA) is 63.7 Å². The largest absolute Gasteiger partial charge is 0.468 e. The van der Waals surface area contributed by atoms with Crippen LogP contribution in [0.5, 0.6) is 0 Å². The smallest absolute Gasteiger partial charge is 0.323 e. The second-order valence-electron chi connectivity index (χ2n) is 4.83. The first-order chi connectivity index (χ1) is 8.03. The van der Waals surface area contributed by atoms with Crippen LogP contribution in [0.15, 0.2) is 0 Å². The van der Waals surface area contributed by atoms with E-state index >= 15 is 0 Å². The molecule has 98 valence electrons. The Bertz CT molecular complexity index is 392. The lowest BCUT2D eigenvalue weighted by molar-refractivity contribution is -0.149. The van der Waals surface area contributed by atoms with Crippen molar-refractivity contribution in [1.82, 2.24) is 4.90 Å². The second-order valence-corrected chi connectivity index (χ2v) is 7.06. The van der Waals surface area contributed by atoms with Crippen LogP contribution in [0.3, 0.4) is 0 Å². The number of piperidine rings is 1. The zero-order valence-electron chi connectivity index (χ0n) is 10.1. The SMILES string of the molecule is COC(=O)[C@H]1CCCCN1C1CCS(=O)(=O)C1. The molecule has 2 aliphatic heterocycles. The summed E-state index contributed by atoms with van der Waals surface area (Å²) >= 11 is 0. The lowest BCUT2D eigenvalue weighted by Gasteiger charge is -2.37. The van der Waals surface area contributed by atoms with Crippen LogP contribution < -0.4 is 0 Å². The Morgan fingerprint density at radius 1 is 1.29 bits per heavy atom. The summed E-state index contributed by atoms with van der Waals surface area (Å²) in [6.45, 7) is 0.806. The van der Waals surface area contributed by atoms with Gasteiger partial charge >= 0.3 is 5.97 Å². The number of likely N-dealkylation sites (tertiary alicyclic amines) is 1. The summed E-state index contributed by atoms with van der Waals surface area (Å²) < 4.78 is 27.8. The van der Waals surface area contributed by atoms with Gasteiger partial charge in [-0.1, -0.05) is 6.42 Å². The first kappa shape index (κ1) is 12.8. The van der Waals surface area contributed by atoms with Crippen molar-refractivity contribution in [2.75, 3.05) is 25.2 Å². The summed E-state index contributed by atoms with van der Waals surface area (Å²) in [6.07, 6.45) is 3.47. The fourth-order valence-electron chi connectivity index (χ4n) is 2.82. The number of sulfone groups is 1. The fourth-order valence-corrected chi connectivity index (χ4v) is 4.56. The Morgan fingerprint density at radius 3 is 2.65 bits per heavy atom. The number of carbonyl (C=O) groups is 1. The number of nitrogens with zero attached hydrogens (tertiary/aromatic N) is 1. The second kappa shape index (κ2) is 4.94. The van der Waals surface area contributed by atoms with Gasteiger partial charge in [-0.05, 0) is 25.8 Å². The molecule has 0 N–H and O–H groups in total. The number of esters is 1. The lowest BCUT2D eigenvalue weighted by atomic mass is 9.99. The Hall–Kier alpha value is -0.620. The fraction of sp³-hybridized carbons (Fsp3) is 0.909. The number of carbonyl (C=O) groups excluding carboxylic acids is 1. The molecule has 0 aromatic heterocycles. The normalized spacial score (nSPS) is 33.5. The van der Waals surface area contributed by atoms with Crippen molar-refractivity contribution in [3.8, 4) is 0 Å². The molecule has 2 fully saturated rings. The van der Waals surface area contributed by atoms with E-state index in [1.807, 2.05) is 4.90 Å². The predicted octanol–water partition coefficient (Wildman–Crippen LogP) is 0.201. The number of ether oxygens (including phenoxy) is 1. The average molecular weight is 261 g/mol. The Morgan fingerprint density at radius 2 is 2.06 bits per heavy atom. The van der Waals surface area contributed by atoms with E-state index in [0.717, 1.165) is 25.8 Å². The van der Waals surface area contributed by atoms with Crippen LogP contribution in [0.4, 0.5) is 0 Å². The standard InChI is InChI=1S/C11H19NO4S/c1-16-11(13)10-4-2-3-6-12(10)9-5-7-17(14,15)8-9/h9-10H,2-8H2,1H3/t9?,10-/m1/s1. The zero-order chi connectivity index (χ0) is 12.5. The third kappa shape index (κ3) is 2.80. The van der Waals surface area contributed by atoms with Crippen molar-refractivity contribution >= 4 is 15.8 Å². The highest BCUT2D eigenvalue weighted by Crippen LogP contribution is 2.26. The van der Waals surface area contributed by atoms with Gasteiger partial charge < -0.3 is 4.74 Å². The monoisotopic (exact) mass is 261 g/mol. The van der Waals surface area contributed by atoms with Gasteiger partial charge in [-0.2, -0.15) is 0 Å². The first-order valence-corrected chi connectivity index (χ1v) is 7.89. The maximum Gasteiger partial charge on any atom is 0.323 e. The summed E-state index contributed by atoms with van der Waals surface area (Å²) in [5, 5.41) is 0. The van der Waals surface area contributed by atoms with E-state index in [1.54, 1.807) is 0 Å². The molecule has 2 rings (SSSR count). The zero-order valence-corrected chi connectivity index (χ0v) is 10.9. The lowest BCUT2D eigenvalue weighted by Crippen LogP contribution is -2.50. The molecule has 0 spiro atoms. The molecule has 0 aromatic carbocycles. The molecule has 6 heteroatoms. The molecular weight excluding hydrogens is 242 g/mol. The molecule has 5 nitrogen and oxygen atoms in total. The molecule has 17 heavy (non-hydrogen) atoms. The molecular formula is C11H19NO4S. The number of rotatable bonds is 2. The first-order valence-electron chi connectivity index (χ1n) is 6.07. The molecule has 0 amide bonds. The van der Waals surface area contributed by atoms with Gasteiger partial charge in [0.2, 0.25) is 0 Å². The van der Waals surface area contributed by atoms with Gasteiger partial charge in [-0.25, -0.2) is 8.42 Å². The van der Waals surface area contributed by atoms with Crippen LogP contribution >= 0.6 is 0 Å². The maximum atomic E-state index is 11.7. The minimum Gasteiger partial charge on any atom is -0.468 e. The van der Waals surface area contributed by atoms with Crippen molar-refractivity contribution in [3.05, 3.63) is 0 Å². The maximum absolute atomic E-state index is 11.7. The highest BCUT2D eigenvalue weighted by molar-refractivity contribution is 7.91. The molecule has 2 atom stereocenters. The molecule has 0 bridgehead atoms. The summed E-state index contributed by atoms with van der Waals surface area (Å²) in [5.41, 5.74) is 0. The van der Waals surface area contributed by atoms with Gasteiger partial charge in [0, 0.05) is 6.04 Å². The van der Waals surface area contributed by atoms with Crippen LogP contribution in [-0.2, 0) is 19.4 Å². The van der Waals surface area contributed by atoms with Crippen LogP contribution in [0.2, 0.25) is 0 Å². The predicted molar refractivity (Wildman–Crippen MR) is 63.4 cm³/mol. The number of methoxy groups -OCH3 is 1.